The average Bonchev–Trinajstić information content (AvgIpc) is 3.08. The van der Waals surface area contributed by atoms with Crippen LogP contribution in [0.2, 0.25) is 0 Å². The van der Waals surface area contributed by atoms with Gasteiger partial charge in [-0.05, 0) is 24.6 Å². The van der Waals surface area contributed by atoms with Crippen LogP contribution in [0.5, 0.6) is 0 Å². The summed E-state index contributed by atoms with van der Waals surface area (Å²) >= 11 is 1.29. The monoisotopic (exact) mass is 386 g/mol. The van der Waals surface area contributed by atoms with Gasteiger partial charge < -0.3 is 4.74 Å². The van der Waals surface area contributed by atoms with Gasteiger partial charge >= 0.3 is 5.97 Å². The Labute approximate surface area is 159 Å². The molecule has 0 spiro atoms. The molecule has 3 rings (SSSR count). The summed E-state index contributed by atoms with van der Waals surface area (Å²) in [5.41, 5.74) is 4.72. The molecule has 0 radical (unpaired) electrons. The number of thiazole rings is 1. The van der Waals surface area contributed by atoms with Crippen molar-refractivity contribution < 1.29 is 19.1 Å². The van der Waals surface area contributed by atoms with Crippen molar-refractivity contribution in [3.63, 3.8) is 0 Å². The van der Waals surface area contributed by atoms with E-state index >= 15 is 0 Å². The Bertz CT molecular complexity index is 922. The molecule has 0 unspecified atom stereocenters. The van der Waals surface area contributed by atoms with E-state index < -0.39 is 5.97 Å². The normalized spacial score (nSPS) is 13.6. The second-order valence-corrected chi connectivity index (χ2v) is 6.82. The van der Waals surface area contributed by atoms with Crippen molar-refractivity contribution >= 4 is 45.7 Å². The maximum atomic E-state index is 12.1. The van der Waals surface area contributed by atoms with Gasteiger partial charge in [-0.1, -0.05) is 12.1 Å². The number of aryl methyl sites for hydroxylation is 1. The zero-order valence-electron chi connectivity index (χ0n) is 14.9. The fourth-order valence-electron chi connectivity index (χ4n) is 2.50. The van der Waals surface area contributed by atoms with Gasteiger partial charge in [0.15, 0.2) is 5.13 Å². The van der Waals surface area contributed by atoms with Gasteiger partial charge in [0.1, 0.15) is 12.3 Å². The highest BCUT2D eigenvalue weighted by molar-refractivity contribution is 7.14. The molecule has 2 aromatic rings. The number of hydrogen-bond donors (Lipinski definition) is 1. The predicted molar refractivity (Wildman–Crippen MR) is 101 cm³/mol. The van der Waals surface area contributed by atoms with Crippen LogP contribution in [0, 0.1) is 6.92 Å². The van der Waals surface area contributed by atoms with Gasteiger partial charge in [0.2, 0.25) is 11.8 Å². The Morgan fingerprint density at radius 2 is 2.15 bits per heavy atom. The number of benzene rings is 1. The molecule has 0 bridgehead atoms. The topological polar surface area (TPSA) is 101 Å². The number of nitrogens with zero attached hydrogens (tertiary/aromatic N) is 3. The van der Waals surface area contributed by atoms with Crippen LogP contribution >= 0.6 is 11.3 Å². The number of esters is 1. The van der Waals surface area contributed by atoms with E-state index in [1.54, 1.807) is 5.38 Å². The van der Waals surface area contributed by atoms with Gasteiger partial charge in [0.25, 0.3) is 0 Å². The van der Waals surface area contributed by atoms with E-state index in [-0.39, 0.29) is 37.0 Å². The molecule has 140 valence electrons. The lowest BCUT2D eigenvalue weighted by atomic mass is 10.2. The minimum atomic E-state index is -0.591. The number of carbonyl (C=O) groups excluding carboxylic acids is 3. The van der Waals surface area contributed by atoms with Crippen LogP contribution in [0.3, 0.4) is 0 Å². The van der Waals surface area contributed by atoms with Gasteiger partial charge in [-0.15, -0.1) is 11.3 Å². The summed E-state index contributed by atoms with van der Waals surface area (Å²) in [6.07, 6.45) is 0.456. The van der Waals surface area contributed by atoms with E-state index in [0.717, 1.165) is 11.3 Å². The third-order valence-electron chi connectivity index (χ3n) is 3.80. The number of rotatable bonds is 5. The first-order valence-corrected chi connectivity index (χ1v) is 9.16. The van der Waals surface area contributed by atoms with Crippen molar-refractivity contribution in [2.75, 3.05) is 4.90 Å². The number of amides is 2. The van der Waals surface area contributed by atoms with E-state index in [0.29, 0.717) is 10.8 Å². The SMILES string of the molecule is CC(=O)N(c1cccc(C)c1)c1nc(COC(=O)C2=NNC(=O)CC2)cs1. The number of aromatic nitrogens is 1. The summed E-state index contributed by atoms with van der Waals surface area (Å²) in [6.45, 7) is 3.38. The zero-order chi connectivity index (χ0) is 19.4. The molecular formula is C18H18N4O4S. The molecule has 1 aliphatic rings. The van der Waals surface area contributed by atoms with Crippen molar-refractivity contribution in [3.05, 3.63) is 40.9 Å². The highest BCUT2D eigenvalue weighted by atomic mass is 32.1. The third-order valence-corrected chi connectivity index (χ3v) is 4.67. The maximum Gasteiger partial charge on any atom is 0.354 e. The van der Waals surface area contributed by atoms with Gasteiger partial charge in [-0.3, -0.25) is 14.5 Å². The number of ether oxygens (including phenoxy) is 1. The Kier molecular flexibility index (Phi) is 5.60. The molecule has 2 amide bonds. The summed E-state index contributed by atoms with van der Waals surface area (Å²) in [5, 5.41) is 5.94. The first-order valence-electron chi connectivity index (χ1n) is 8.28. The van der Waals surface area contributed by atoms with Crippen molar-refractivity contribution in [3.8, 4) is 0 Å². The zero-order valence-corrected chi connectivity index (χ0v) is 15.7. The van der Waals surface area contributed by atoms with E-state index in [2.05, 4.69) is 15.5 Å². The molecule has 0 saturated carbocycles. The lowest BCUT2D eigenvalue weighted by Crippen LogP contribution is -2.30. The second-order valence-electron chi connectivity index (χ2n) is 5.98. The molecular weight excluding hydrogens is 368 g/mol. The molecule has 0 saturated heterocycles. The Balaban J connectivity index is 1.69. The first kappa shape index (κ1) is 18.7. The van der Waals surface area contributed by atoms with Crippen LogP contribution < -0.4 is 10.3 Å². The Morgan fingerprint density at radius 1 is 1.33 bits per heavy atom. The van der Waals surface area contributed by atoms with Crippen molar-refractivity contribution in [1.82, 2.24) is 10.4 Å². The van der Waals surface area contributed by atoms with Crippen LogP contribution in [0.15, 0.2) is 34.7 Å². The minimum Gasteiger partial charge on any atom is -0.455 e. The van der Waals surface area contributed by atoms with Gasteiger partial charge in [-0.25, -0.2) is 15.2 Å². The lowest BCUT2D eigenvalue weighted by molar-refractivity contribution is -0.137. The number of hydrogen-bond acceptors (Lipinski definition) is 7. The molecule has 1 aliphatic heterocycles. The Hall–Kier alpha value is -3.07. The second kappa shape index (κ2) is 8.09. The van der Waals surface area contributed by atoms with E-state index in [4.69, 9.17) is 4.74 Å². The van der Waals surface area contributed by atoms with Crippen molar-refractivity contribution in [2.24, 2.45) is 5.10 Å². The van der Waals surface area contributed by atoms with Crippen molar-refractivity contribution in [1.29, 1.82) is 0 Å². The van der Waals surface area contributed by atoms with Gasteiger partial charge in [-0.2, -0.15) is 5.10 Å². The molecule has 27 heavy (non-hydrogen) atoms. The summed E-state index contributed by atoms with van der Waals surface area (Å²) in [4.78, 5) is 41.1. The number of anilines is 2. The standard InChI is InChI=1S/C18H18N4O4S/c1-11-4-3-5-14(8-11)22(12(2)23)18-19-13(10-27-18)9-26-17(25)15-6-7-16(24)21-20-15/h3-5,8,10H,6-7,9H2,1-2H3,(H,21,24). The lowest BCUT2D eigenvalue weighted by Gasteiger charge is -2.18. The molecule has 8 nitrogen and oxygen atoms in total. The van der Waals surface area contributed by atoms with E-state index in [1.165, 1.54) is 23.2 Å². The smallest absolute Gasteiger partial charge is 0.354 e. The summed E-state index contributed by atoms with van der Waals surface area (Å²) < 4.78 is 5.20. The maximum absolute atomic E-state index is 12.1. The number of carbonyl (C=O) groups is 3. The highest BCUT2D eigenvalue weighted by Gasteiger charge is 2.21. The van der Waals surface area contributed by atoms with E-state index in [1.807, 2.05) is 31.2 Å². The fourth-order valence-corrected chi connectivity index (χ4v) is 3.37. The number of hydrazone groups is 1. The van der Waals surface area contributed by atoms with Gasteiger partial charge in [0.05, 0.1) is 11.4 Å². The third kappa shape index (κ3) is 4.56. The largest absolute Gasteiger partial charge is 0.455 e. The molecule has 0 aliphatic carbocycles. The Morgan fingerprint density at radius 3 is 2.81 bits per heavy atom. The summed E-state index contributed by atoms with van der Waals surface area (Å²) in [6, 6.07) is 7.56. The molecule has 1 aromatic heterocycles. The molecule has 2 heterocycles. The summed E-state index contributed by atoms with van der Waals surface area (Å²) in [5.74, 6) is -0.978. The summed E-state index contributed by atoms with van der Waals surface area (Å²) in [7, 11) is 0. The number of nitrogens with one attached hydrogen (secondary N) is 1. The molecule has 0 fully saturated rings. The molecule has 1 N–H and O–H groups in total. The van der Waals surface area contributed by atoms with Crippen LogP contribution in [-0.2, 0) is 25.7 Å². The molecule has 0 atom stereocenters. The molecule has 1 aromatic carbocycles. The van der Waals surface area contributed by atoms with Crippen LogP contribution in [0.4, 0.5) is 10.8 Å². The van der Waals surface area contributed by atoms with Crippen molar-refractivity contribution in [2.45, 2.75) is 33.3 Å². The molecule has 9 heteroatoms. The first-order chi connectivity index (χ1) is 12.9. The van der Waals surface area contributed by atoms with E-state index in [9.17, 15) is 14.4 Å². The average molecular weight is 386 g/mol. The quantitative estimate of drug-likeness (QED) is 0.796. The fraction of sp³-hybridized carbons (Fsp3) is 0.278. The van der Waals surface area contributed by atoms with Crippen LogP contribution in [0.25, 0.3) is 0 Å². The van der Waals surface area contributed by atoms with Gasteiger partial charge in [0, 0.05) is 25.1 Å². The van der Waals surface area contributed by atoms with Crippen LogP contribution in [0.1, 0.15) is 31.0 Å². The van der Waals surface area contributed by atoms with Crippen LogP contribution in [-0.4, -0.2) is 28.5 Å². The minimum absolute atomic E-state index is 0.0398. The highest BCUT2D eigenvalue weighted by Crippen LogP contribution is 2.29. The predicted octanol–water partition coefficient (Wildman–Crippen LogP) is 2.45.